The molecule has 6 heteroatoms. The van der Waals surface area contributed by atoms with E-state index >= 15 is 0 Å². The van der Waals surface area contributed by atoms with E-state index in [-0.39, 0.29) is 17.9 Å². The summed E-state index contributed by atoms with van der Waals surface area (Å²) < 4.78 is 0. The van der Waals surface area contributed by atoms with Crippen molar-refractivity contribution in [1.82, 2.24) is 20.1 Å². The summed E-state index contributed by atoms with van der Waals surface area (Å²) in [6, 6.07) is 8.08. The number of nitrogens with one attached hydrogen (secondary N) is 2. The molecule has 5 heterocycles. The van der Waals surface area contributed by atoms with Crippen molar-refractivity contribution in [2.75, 3.05) is 13.1 Å². The zero-order valence-electron chi connectivity index (χ0n) is 19.0. The van der Waals surface area contributed by atoms with E-state index in [0.29, 0.717) is 19.5 Å². The number of aromatic nitrogens is 1. The average molecular weight is 423 g/mol. The topological polar surface area (TPSA) is 68.4 Å². The maximum absolute atomic E-state index is 14.1. The third kappa shape index (κ3) is 2.67. The summed E-state index contributed by atoms with van der Waals surface area (Å²) in [4.78, 5) is 35.6. The van der Waals surface area contributed by atoms with E-state index in [2.05, 4.69) is 43.2 Å². The standard InChI is InChI=1S/C25H34N4O2/c1-4-6-7-10-13-24-16-26-25(23(31)28(24)14-5-2)15-19-18-11-8-9-12-20(18)27-21(19)17(3)29(25)22(24)30/h8-9,11-12,17,26-27H,4-7,10,13-16H2,1-3H3/t17-,24?,25-/m0/s1. The van der Waals surface area contributed by atoms with Crippen LogP contribution in [0.25, 0.3) is 10.9 Å². The number of benzene rings is 1. The second kappa shape index (κ2) is 7.37. The molecular weight excluding hydrogens is 388 g/mol. The second-order valence-corrected chi connectivity index (χ2v) is 9.60. The van der Waals surface area contributed by atoms with Gasteiger partial charge < -0.3 is 14.8 Å². The van der Waals surface area contributed by atoms with Gasteiger partial charge in [0.1, 0.15) is 5.54 Å². The van der Waals surface area contributed by atoms with Crippen LogP contribution in [0.3, 0.4) is 0 Å². The highest BCUT2D eigenvalue weighted by Gasteiger charge is 2.69. The average Bonchev–Trinajstić information content (AvgIpc) is 3.14. The number of hydrogen-bond donors (Lipinski definition) is 2. The maximum Gasteiger partial charge on any atom is 0.264 e. The van der Waals surface area contributed by atoms with Crippen LogP contribution in [0.2, 0.25) is 0 Å². The van der Waals surface area contributed by atoms with Gasteiger partial charge in [0, 0.05) is 36.1 Å². The summed E-state index contributed by atoms with van der Waals surface area (Å²) >= 11 is 0. The van der Waals surface area contributed by atoms with Crippen LogP contribution in [0.4, 0.5) is 0 Å². The number of unbranched alkanes of at least 4 members (excludes halogenated alkanes) is 3. The summed E-state index contributed by atoms with van der Waals surface area (Å²) in [5, 5.41) is 4.77. The lowest BCUT2D eigenvalue weighted by atomic mass is 9.73. The molecule has 2 bridgehead atoms. The van der Waals surface area contributed by atoms with Gasteiger partial charge in [-0.15, -0.1) is 0 Å². The van der Waals surface area contributed by atoms with Crippen LogP contribution in [0.1, 0.15) is 76.6 Å². The minimum Gasteiger partial charge on any atom is -0.356 e. The van der Waals surface area contributed by atoms with Gasteiger partial charge in [-0.05, 0) is 31.4 Å². The van der Waals surface area contributed by atoms with Gasteiger partial charge in [0.15, 0.2) is 5.66 Å². The number of piperazine rings is 2. The number of carbonyl (C=O) groups is 2. The molecule has 1 aromatic heterocycles. The highest BCUT2D eigenvalue weighted by Crippen LogP contribution is 2.49. The Hall–Kier alpha value is -2.34. The van der Waals surface area contributed by atoms with Crippen molar-refractivity contribution in [2.45, 2.75) is 83.0 Å². The molecule has 6 rings (SSSR count). The zero-order chi connectivity index (χ0) is 21.8. The van der Waals surface area contributed by atoms with Crippen molar-refractivity contribution in [3.05, 3.63) is 35.5 Å². The quantitative estimate of drug-likeness (QED) is 0.666. The Balaban J connectivity index is 1.60. The van der Waals surface area contributed by atoms with Crippen LogP contribution in [-0.4, -0.2) is 50.9 Å². The van der Waals surface area contributed by atoms with Crippen molar-refractivity contribution < 1.29 is 9.59 Å². The molecule has 0 aliphatic carbocycles. The Morgan fingerprint density at radius 1 is 1.06 bits per heavy atom. The van der Waals surface area contributed by atoms with Gasteiger partial charge in [0.05, 0.1) is 6.04 Å². The van der Waals surface area contributed by atoms with Crippen molar-refractivity contribution in [3.8, 4) is 0 Å². The largest absolute Gasteiger partial charge is 0.356 e. The summed E-state index contributed by atoms with van der Waals surface area (Å²) in [5.41, 5.74) is 1.60. The number of carbonyl (C=O) groups excluding carboxylic acids is 2. The molecule has 4 aliphatic heterocycles. The first-order valence-corrected chi connectivity index (χ1v) is 12.0. The molecule has 3 fully saturated rings. The minimum atomic E-state index is -0.963. The van der Waals surface area contributed by atoms with Gasteiger partial charge in [-0.2, -0.15) is 0 Å². The summed E-state index contributed by atoms with van der Waals surface area (Å²) in [6.45, 7) is 7.56. The fraction of sp³-hybridized carbons (Fsp3) is 0.600. The Morgan fingerprint density at radius 2 is 1.87 bits per heavy atom. The van der Waals surface area contributed by atoms with Crippen LogP contribution >= 0.6 is 0 Å². The fourth-order valence-corrected chi connectivity index (χ4v) is 6.25. The Kier molecular flexibility index (Phi) is 4.88. The molecule has 4 aliphatic rings. The molecule has 2 amide bonds. The van der Waals surface area contributed by atoms with E-state index in [1.807, 2.05) is 21.9 Å². The summed E-state index contributed by atoms with van der Waals surface area (Å²) in [5.74, 6) is 0.214. The molecule has 3 saturated heterocycles. The molecule has 3 atom stereocenters. The van der Waals surface area contributed by atoms with Crippen molar-refractivity contribution in [3.63, 3.8) is 0 Å². The monoisotopic (exact) mass is 422 g/mol. The van der Waals surface area contributed by atoms with Gasteiger partial charge in [0.25, 0.3) is 11.8 Å². The molecule has 31 heavy (non-hydrogen) atoms. The molecule has 166 valence electrons. The predicted molar refractivity (Wildman–Crippen MR) is 121 cm³/mol. The molecular formula is C25H34N4O2. The molecule has 2 aromatic rings. The third-order valence-corrected chi connectivity index (χ3v) is 7.79. The first-order chi connectivity index (χ1) is 15.0. The fourth-order valence-electron chi connectivity index (χ4n) is 6.25. The van der Waals surface area contributed by atoms with E-state index in [1.54, 1.807) is 0 Å². The zero-order valence-corrected chi connectivity index (χ0v) is 19.0. The lowest BCUT2D eigenvalue weighted by molar-refractivity contribution is -0.202. The van der Waals surface area contributed by atoms with Gasteiger partial charge >= 0.3 is 0 Å². The SMILES string of the molecule is CCCCCCC12CN[C@]3(Cc4c([nH]c5ccccc45)[C@H](C)N3C1=O)C(=O)N2CCC. The van der Waals surface area contributed by atoms with E-state index in [0.717, 1.165) is 48.7 Å². The number of amides is 2. The van der Waals surface area contributed by atoms with E-state index in [1.165, 1.54) is 12.0 Å². The van der Waals surface area contributed by atoms with Crippen molar-refractivity contribution in [1.29, 1.82) is 0 Å². The number of H-pyrrole nitrogens is 1. The first kappa shape index (κ1) is 20.6. The van der Waals surface area contributed by atoms with Gasteiger partial charge in [0.2, 0.25) is 0 Å². The lowest BCUT2D eigenvalue weighted by Gasteiger charge is -2.65. The number of aromatic amines is 1. The minimum absolute atomic E-state index is 0.0819. The smallest absolute Gasteiger partial charge is 0.264 e. The van der Waals surface area contributed by atoms with E-state index in [9.17, 15) is 9.59 Å². The van der Waals surface area contributed by atoms with Gasteiger partial charge in [-0.25, -0.2) is 0 Å². The molecule has 1 unspecified atom stereocenters. The van der Waals surface area contributed by atoms with Crippen molar-refractivity contribution in [2.24, 2.45) is 0 Å². The highest BCUT2D eigenvalue weighted by atomic mass is 16.2. The number of para-hydroxylation sites is 1. The highest BCUT2D eigenvalue weighted by molar-refractivity contribution is 6.05. The van der Waals surface area contributed by atoms with Crippen molar-refractivity contribution >= 4 is 22.7 Å². The first-order valence-electron chi connectivity index (χ1n) is 12.0. The van der Waals surface area contributed by atoms with Crippen LogP contribution in [0, 0.1) is 0 Å². The second-order valence-electron chi connectivity index (χ2n) is 9.60. The Bertz CT molecular complexity index is 1030. The van der Waals surface area contributed by atoms with E-state index in [4.69, 9.17) is 0 Å². The number of nitrogens with zero attached hydrogens (tertiary/aromatic N) is 2. The molecule has 1 spiro atoms. The third-order valence-electron chi connectivity index (χ3n) is 7.79. The van der Waals surface area contributed by atoms with Gasteiger partial charge in [-0.1, -0.05) is 57.7 Å². The molecule has 6 nitrogen and oxygen atoms in total. The molecule has 0 radical (unpaired) electrons. The Labute approximate surface area is 184 Å². The predicted octanol–water partition coefficient (Wildman–Crippen LogP) is 3.87. The van der Waals surface area contributed by atoms with Crippen LogP contribution in [0.5, 0.6) is 0 Å². The Morgan fingerprint density at radius 3 is 2.65 bits per heavy atom. The number of fused-ring (bicyclic) bond motifs is 5. The molecule has 1 aromatic carbocycles. The molecule has 0 saturated carbocycles. The van der Waals surface area contributed by atoms with Gasteiger partial charge in [-0.3, -0.25) is 14.9 Å². The number of hydrogen-bond acceptors (Lipinski definition) is 3. The van der Waals surface area contributed by atoms with E-state index < -0.39 is 11.2 Å². The maximum atomic E-state index is 14.1. The van der Waals surface area contributed by atoms with Crippen LogP contribution in [0.15, 0.2) is 24.3 Å². The molecule has 2 N–H and O–H groups in total. The van der Waals surface area contributed by atoms with Crippen LogP contribution < -0.4 is 5.32 Å². The normalized spacial score (nSPS) is 29.6. The summed E-state index contributed by atoms with van der Waals surface area (Å²) in [7, 11) is 0. The van der Waals surface area contributed by atoms with Crippen LogP contribution in [-0.2, 0) is 16.0 Å². The number of rotatable bonds is 7. The lowest BCUT2D eigenvalue weighted by Crippen LogP contribution is -2.89. The summed E-state index contributed by atoms with van der Waals surface area (Å²) in [6.07, 6.45) is 6.53.